The molecular weight excluding hydrogens is 306 g/mol. The number of aromatic nitrogens is 1. The summed E-state index contributed by atoms with van der Waals surface area (Å²) in [4.78, 5) is 14.9. The molecule has 0 aliphatic carbocycles. The fourth-order valence-corrected chi connectivity index (χ4v) is 3.57. The molecule has 1 aromatic carbocycles. The zero-order valence-corrected chi connectivity index (χ0v) is 13.7. The lowest BCUT2D eigenvalue weighted by atomic mass is 9.84. The molecule has 4 heterocycles. The Hall–Kier alpha value is -2.34. The number of ether oxygens (including phenoxy) is 1. The Labute approximate surface area is 140 Å². The smallest absolute Gasteiger partial charge is 0.259 e. The molecule has 1 aromatic heterocycles. The normalized spacial score (nSPS) is 25.5. The van der Waals surface area contributed by atoms with Crippen LogP contribution in [0.25, 0.3) is 0 Å². The van der Waals surface area contributed by atoms with E-state index in [1.165, 1.54) is 25.9 Å². The Morgan fingerprint density at radius 1 is 1.29 bits per heavy atom. The SMILES string of the molecule is Cc1cc(Oc2ccc(C(=O)NC3CN4CCC3CC4)cc2)no1. The third-order valence-corrected chi connectivity index (χ3v) is 4.92. The maximum Gasteiger partial charge on any atom is 0.259 e. The molecule has 3 aliphatic rings. The summed E-state index contributed by atoms with van der Waals surface area (Å²) in [6.07, 6.45) is 2.38. The summed E-state index contributed by atoms with van der Waals surface area (Å²) in [6.45, 7) is 5.13. The number of piperidine rings is 3. The second-order valence-corrected chi connectivity index (χ2v) is 6.62. The highest BCUT2D eigenvalue weighted by molar-refractivity contribution is 5.94. The van der Waals surface area contributed by atoms with Crippen molar-refractivity contribution in [2.75, 3.05) is 19.6 Å². The summed E-state index contributed by atoms with van der Waals surface area (Å²) in [7, 11) is 0. The number of hydrogen-bond acceptors (Lipinski definition) is 5. The van der Waals surface area contributed by atoms with Crippen LogP contribution in [0.1, 0.15) is 29.0 Å². The van der Waals surface area contributed by atoms with Crippen molar-refractivity contribution in [1.82, 2.24) is 15.4 Å². The molecular formula is C18H21N3O3. The highest BCUT2D eigenvalue weighted by Gasteiger charge is 2.34. The van der Waals surface area contributed by atoms with Crippen LogP contribution in [0, 0.1) is 12.8 Å². The molecule has 0 radical (unpaired) electrons. The minimum absolute atomic E-state index is 0.0161. The van der Waals surface area contributed by atoms with Gasteiger partial charge in [-0.3, -0.25) is 4.79 Å². The van der Waals surface area contributed by atoms with Gasteiger partial charge in [-0.15, -0.1) is 0 Å². The van der Waals surface area contributed by atoms with Gasteiger partial charge in [-0.05, 0) is 68.2 Å². The number of aryl methyl sites for hydroxylation is 1. The van der Waals surface area contributed by atoms with E-state index >= 15 is 0 Å². The molecule has 24 heavy (non-hydrogen) atoms. The van der Waals surface area contributed by atoms with Gasteiger partial charge in [0.15, 0.2) is 0 Å². The fourth-order valence-electron chi connectivity index (χ4n) is 3.57. The minimum atomic E-state index is -0.0161. The molecule has 1 N–H and O–H groups in total. The lowest BCUT2D eigenvalue weighted by Crippen LogP contribution is -2.57. The van der Waals surface area contributed by atoms with Crippen molar-refractivity contribution in [2.24, 2.45) is 5.92 Å². The van der Waals surface area contributed by atoms with Crippen molar-refractivity contribution in [3.05, 3.63) is 41.7 Å². The first-order valence-electron chi connectivity index (χ1n) is 8.42. The molecule has 0 saturated carbocycles. The number of nitrogens with one attached hydrogen (secondary N) is 1. The largest absolute Gasteiger partial charge is 0.436 e. The van der Waals surface area contributed by atoms with Gasteiger partial charge < -0.3 is 19.5 Å². The van der Waals surface area contributed by atoms with E-state index in [4.69, 9.17) is 9.26 Å². The van der Waals surface area contributed by atoms with Crippen molar-refractivity contribution in [3.63, 3.8) is 0 Å². The van der Waals surface area contributed by atoms with Crippen LogP contribution in [0.3, 0.4) is 0 Å². The van der Waals surface area contributed by atoms with E-state index in [-0.39, 0.29) is 11.9 Å². The molecule has 126 valence electrons. The molecule has 2 aromatic rings. The molecule has 1 amide bonds. The number of carbonyl (C=O) groups is 1. The van der Waals surface area contributed by atoms with Crippen LogP contribution in [-0.2, 0) is 0 Å². The second kappa shape index (κ2) is 6.28. The van der Waals surface area contributed by atoms with Gasteiger partial charge in [0.05, 0.1) is 0 Å². The van der Waals surface area contributed by atoms with Crippen molar-refractivity contribution in [3.8, 4) is 11.6 Å². The predicted octanol–water partition coefficient (Wildman–Crippen LogP) is 2.60. The van der Waals surface area contributed by atoms with E-state index < -0.39 is 0 Å². The maximum absolute atomic E-state index is 12.5. The van der Waals surface area contributed by atoms with Gasteiger partial charge >= 0.3 is 0 Å². The van der Waals surface area contributed by atoms with Crippen LogP contribution in [-0.4, -0.2) is 41.6 Å². The van der Waals surface area contributed by atoms with E-state index in [9.17, 15) is 4.79 Å². The van der Waals surface area contributed by atoms with Gasteiger partial charge in [-0.25, -0.2) is 0 Å². The van der Waals surface area contributed by atoms with Gasteiger partial charge in [0.2, 0.25) is 0 Å². The summed E-state index contributed by atoms with van der Waals surface area (Å²) in [5, 5.41) is 6.98. The Bertz CT molecular complexity index is 717. The highest BCUT2D eigenvalue weighted by Crippen LogP contribution is 2.28. The first kappa shape index (κ1) is 15.2. The summed E-state index contributed by atoms with van der Waals surface area (Å²) in [5.74, 6) is 2.34. The predicted molar refractivity (Wildman–Crippen MR) is 88.2 cm³/mol. The summed E-state index contributed by atoms with van der Waals surface area (Å²) >= 11 is 0. The number of carbonyl (C=O) groups excluding carboxylic acids is 1. The van der Waals surface area contributed by atoms with Gasteiger partial charge in [0.1, 0.15) is 11.5 Å². The zero-order valence-electron chi connectivity index (χ0n) is 13.7. The van der Waals surface area contributed by atoms with Crippen LogP contribution in [0.15, 0.2) is 34.9 Å². The molecule has 6 nitrogen and oxygen atoms in total. The third-order valence-electron chi connectivity index (χ3n) is 4.92. The van der Waals surface area contributed by atoms with Gasteiger partial charge in [-0.1, -0.05) is 0 Å². The number of amides is 1. The summed E-state index contributed by atoms with van der Waals surface area (Å²) in [5.41, 5.74) is 0.648. The molecule has 3 aliphatic heterocycles. The van der Waals surface area contributed by atoms with Crippen LogP contribution in [0.5, 0.6) is 11.6 Å². The molecule has 3 saturated heterocycles. The first-order chi connectivity index (χ1) is 11.7. The topological polar surface area (TPSA) is 67.6 Å². The number of fused-ring (bicyclic) bond motifs is 3. The number of nitrogens with zero attached hydrogens (tertiary/aromatic N) is 2. The van der Waals surface area contributed by atoms with E-state index in [0.29, 0.717) is 28.9 Å². The molecule has 5 rings (SSSR count). The summed E-state index contributed by atoms with van der Waals surface area (Å²) < 4.78 is 10.5. The van der Waals surface area contributed by atoms with Gasteiger partial charge in [0, 0.05) is 24.2 Å². The summed E-state index contributed by atoms with van der Waals surface area (Å²) in [6, 6.07) is 9.09. The lowest BCUT2D eigenvalue weighted by molar-refractivity contribution is 0.0620. The lowest BCUT2D eigenvalue weighted by Gasteiger charge is -2.44. The van der Waals surface area contributed by atoms with Crippen molar-refractivity contribution < 1.29 is 14.1 Å². The zero-order chi connectivity index (χ0) is 16.5. The monoisotopic (exact) mass is 327 g/mol. The quantitative estimate of drug-likeness (QED) is 0.935. The van der Waals surface area contributed by atoms with E-state index in [1.807, 2.05) is 6.92 Å². The molecule has 3 fully saturated rings. The second-order valence-electron chi connectivity index (χ2n) is 6.62. The van der Waals surface area contributed by atoms with E-state index in [2.05, 4.69) is 15.4 Å². The maximum atomic E-state index is 12.5. The molecule has 2 bridgehead atoms. The minimum Gasteiger partial charge on any atom is -0.436 e. The third kappa shape index (κ3) is 3.14. The number of benzene rings is 1. The number of hydrogen-bond donors (Lipinski definition) is 1. The van der Waals surface area contributed by atoms with Crippen LogP contribution in [0.2, 0.25) is 0 Å². The van der Waals surface area contributed by atoms with E-state index in [0.717, 1.165) is 6.54 Å². The Morgan fingerprint density at radius 2 is 2.04 bits per heavy atom. The average molecular weight is 327 g/mol. The van der Waals surface area contributed by atoms with Crippen molar-refractivity contribution in [1.29, 1.82) is 0 Å². The van der Waals surface area contributed by atoms with Crippen LogP contribution in [0.4, 0.5) is 0 Å². The fraction of sp³-hybridized carbons (Fsp3) is 0.444. The number of rotatable bonds is 4. The molecule has 1 unspecified atom stereocenters. The van der Waals surface area contributed by atoms with Gasteiger partial charge in [0.25, 0.3) is 11.8 Å². The Balaban J connectivity index is 1.38. The molecule has 0 spiro atoms. The van der Waals surface area contributed by atoms with Crippen LogP contribution >= 0.6 is 0 Å². The first-order valence-corrected chi connectivity index (χ1v) is 8.42. The Kier molecular flexibility index (Phi) is 3.98. The highest BCUT2D eigenvalue weighted by atomic mass is 16.5. The van der Waals surface area contributed by atoms with Crippen molar-refractivity contribution in [2.45, 2.75) is 25.8 Å². The van der Waals surface area contributed by atoms with Gasteiger partial charge in [-0.2, -0.15) is 0 Å². The molecule has 1 atom stereocenters. The van der Waals surface area contributed by atoms with Crippen LogP contribution < -0.4 is 10.1 Å². The Morgan fingerprint density at radius 3 is 2.62 bits per heavy atom. The van der Waals surface area contributed by atoms with Crippen molar-refractivity contribution >= 4 is 5.91 Å². The van der Waals surface area contributed by atoms with E-state index in [1.54, 1.807) is 30.3 Å². The standard InChI is InChI=1S/C18H21N3O3/c1-12-10-17(20-24-12)23-15-4-2-14(3-5-15)18(22)19-16-11-21-8-6-13(16)7-9-21/h2-5,10,13,16H,6-9,11H2,1H3,(H,19,22). The average Bonchev–Trinajstić information content (AvgIpc) is 3.01. The molecule has 6 heteroatoms.